The number of nitrogens with one attached hydrogen (secondary N) is 1. The summed E-state index contributed by atoms with van der Waals surface area (Å²) in [6, 6.07) is 15.1. The van der Waals surface area contributed by atoms with E-state index in [1.54, 1.807) is 12.4 Å². The van der Waals surface area contributed by atoms with Crippen LogP contribution in [0, 0.1) is 3.70 Å². The highest BCUT2D eigenvalue weighted by Gasteiger charge is 2.16. The van der Waals surface area contributed by atoms with Gasteiger partial charge >= 0.3 is 5.97 Å². The van der Waals surface area contributed by atoms with E-state index >= 15 is 0 Å². The van der Waals surface area contributed by atoms with Crippen LogP contribution >= 0.6 is 22.6 Å². The van der Waals surface area contributed by atoms with Crippen LogP contribution in [-0.2, 0) is 6.54 Å². The number of rotatable bonds is 6. The van der Waals surface area contributed by atoms with E-state index in [4.69, 9.17) is 5.10 Å². The molecule has 3 aromatic heterocycles. The summed E-state index contributed by atoms with van der Waals surface area (Å²) >= 11 is 2.03. The monoisotopic (exact) mass is 497 g/mol. The van der Waals surface area contributed by atoms with Crippen LogP contribution in [0.4, 0.5) is 5.69 Å². The summed E-state index contributed by atoms with van der Waals surface area (Å²) < 4.78 is 2.41. The van der Waals surface area contributed by atoms with Crippen LogP contribution in [0.5, 0.6) is 0 Å². The van der Waals surface area contributed by atoms with Gasteiger partial charge in [-0.15, -0.1) is 0 Å². The molecule has 0 saturated carbocycles. The van der Waals surface area contributed by atoms with E-state index in [-0.39, 0.29) is 5.56 Å². The zero-order chi connectivity index (χ0) is 20.2. The van der Waals surface area contributed by atoms with Crippen LogP contribution in [0.3, 0.4) is 0 Å². The van der Waals surface area contributed by atoms with E-state index in [1.807, 2.05) is 75.9 Å². The highest BCUT2D eigenvalue weighted by molar-refractivity contribution is 14.1. The lowest BCUT2D eigenvalue weighted by molar-refractivity contribution is 0.0697. The van der Waals surface area contributed by atoms with E-state index < -0.39 is 5.97 Å². The van der Waals surface area contributed by atoms with Gasteiger partial charge in [0.15, 0.2) is 0 Å². The number of benzene rings is 1. The Morgan fingerprint density at radius 3 is 2.66 bits per heavy atom. The van der Waals surface area contributed by atoms with Crippen molar-refractivity contribution in [3.63, 3.8) is 0 Å². The van der Waals surface area contributed by atoms with Crippen LogP contribution in [0.2, 0.25) is 0 Å². The van der Waals surface area contributed by atoms with Gasteiger partial charge in [-0.2, -0.15) is 5.10 Å². The lowest BCUT2D eigenvalue weighted by atomic mass is 10.1. The third-order valence-corrected chi connectivity index (χ3v) is 5.15. The van der Waals surface area contributed by atoms with Gasteiger partial charge in [-0.25, -0.2) is 14.5 Å². The smallest absolute Gasteiger partial charge is 0.337 e. The van der Waals surface area contributed by atoms with Crippen LogP contribution in [-0.4, -0.2) is 30.8 Å². The van der Waals surface area contributed by atoms with Crippen molar-refractivity contribution < 1.29 is 9.90 Å². The number of nitrogens with zero attached hydrogens (tertiary/aromatic N) is 4. The number of aromatic carboxylic acids is 1. The maximum Gasteiger partial charge on any atom is 0.337 e. The molecule has 0 aliphatic carbocycles. The van der Waals surface area contributed by atoms with Gasteiger partial charge in [-0.1, -0.05) is 18.2 Å². The fourth-order valence-corrected chi connectivity index (χ4v) is 3.61. The number of carboxylic acids is 1. The normalized spacial score (nSPS) is 10.7. The maximum atomic E-state index is 11.6. The molecule has 3 heterocycles. The van der Waals surface area contributed by atoms with Crippen LogP contribution in [0.15, 0.2) is 73.3 Å². The van der Waals surface area contributed by atoms with Crippen molar-refractivity contribution in [1.82, 2.24) is 19.7 Å². The standard InChI is InChI=1S/C21H16IN5O2/c22-20-19(17(21(28)29)8-10-24-20)25-12-15-13-27(16-6-2-1-3-7-16)26-18(15)14-5-4-9-23-11-14/h1-11,13,25H,12H2,(H,28,29). The summed E-state index contributed by atoms with van der Waals surface area (Å²) in [4.78, 5) is 20.0. The molecule has 0 unspecified atom stereocenters. The second kappa shape index (κ2) is 8.39. The zero-order valence-corrected chi connectivity index (χ0v) is 17.3. The van der Waals surface area contributed by atoms with Crippen molar-refractivity contribution in [3.05, 3.63) is 88.1 Å². The molecule has 0 atom stereocenters. The minimum atomic E-state index is -1.000. The Morgan fingerprint density at radius 1 is 1.10 bits per heavy atom. The summed E-state index contributed by atoms with van der Waals surface area (Å²) in [5.74, 6) is -1.000. The predicted octanol–water partition coefficient (Wildman–Crippen LogP) is 4.24. The molecule has 0 bridgehead atoms. The van der Waals surface area contributed by atoms with Crippen molar-refractivity contribution in [2.45, 2.75) is 6.54 Å². The number of carbonyl (C=O) groups is 1. The number of halogens is 1. The van der Waals surface area contributed by atoms with Gasteiger partial charge in [0.25, 0.3) is 0 Å². The van der Waals surface area contributed by atoms with E-state index in [1.165, 1.54) is 12.3 Å². The Bertz CT molecular complexity index is 1150. The van der Waals surface area contributed by atoms with Crippen molar-refractivity contribution in [2.24, 2.45) is 0 Å². The van der Waals surface area contributed by atoms with E-state index in [0.29, 0.717) is 15.9 Å². The van der Waals surface area contributed by atoms with Crippen molar-refractivity contribution >= 4 is 34.2 Å². The predicted molar refractivity (Wildman–Crippen MR) is 118 cm³/mol. The van der Waals surface area contributed by atoms with E-state index in [0.717, 1.165) is 22.5 Å². The number of hydrogen-bond donors (Lipinski definition) is 2. The molecule has 0 aliphatic rings. The second-order valence-corrected chi connectivity index (χ2v) is 7.23. The van der Waals surface area contributed by atoms with Crippen LogP contribution in [0.1, 0.15) is 15.9 Å². The lowest BCUT2D eigenvalue weighted by Crippen LogP contribution is -2.09. The number of carboxylic acid groups (broad SMARTS) is 1. The van der Waals surface area contributed by atoms with Crippen LogP contribution in [0.25, 0.3) is 16.9 Å². The van der Waals surface area contributed by atoms with Crippen LogP contribution < -0.4 is 5.32 Å². The second-order valence-electron chi connectivity index (χ2n) is 6.21. The molecule has 0 radical (unpaired) electrons. The van der Waals surface area contributed by atoms with Crippen molar-refractivity contribution in [1.29, 1.82) is 0 Å². The SMILES string of the molecule is O=C(O)c1ccnc(I)c1NCc1cn(-c2ccccc2)nc1-c1cccnc1. The molecular weight excluding hydrogens is 481 g/mol. The molecular formula is C21H16IN5O2. The Morgan fingerprint density at radius 2 is 1.93 bits per heavy atom. The fraction of sp³-hybridized carbons (Fsp3) is 0.0476. The molecule has 7 nitrogen and oxygen atoms in total. The Balaban J connectivity index is 1.72. The summed E-state index contributed by atoms with van der Waals surface area (Å²) in [7, 11) is 0. The first-order valence-corrected chi connectivity index (χ1v) is 9.87. The molecule has 144 valence electrons. The number of pyridine rings is 2. The molecule has 0 amide bonds. The quantitative estimate of drug-likeness (QED) is 0.306. The first kappa shape index (κ1) is 19.1. The number of anilines is 1. The minimum Gasteiger partial charge on any atom is -0.478 e. The highest BCUT2D eigenvalue weighted by atomic mass is 127. The average molecular weight is 497 g/mol. The number of para-hydroxylation sites is 1. The van der Waals surface area contributed by atoms with Gasteiger partial charge in [0, 0.05) is 42.5 Å². The molecule has 29 heavy (non-hydrogen) atoms. The Labute approximate surface area is 180 Å². The van der Waals surface area contributed by atoms with Crippen molar-refractivity contribution in [2.75, 3.05) is 5.32 Å². The topological polar surface area (TPSA) is 92.9 Å². The summed E-state index contributed by atoms with van der Waals surface area (Å²) in [5, 5.41) is 17.5. The molecule has 4 aromatic rings. The van der Waals surface area contributed by atoms with Crippen molar-refractivity contribution in [3.8, 4) is 16.9 Å². The molecule has 2 N–H and O–H groups in total. The maximum absolute atomic E-state index is 11.6. The average Bonchev–Trinajstić information content (AvgIpc) is 3.18. The molecule has 4 rings (SSSR count). The summed E-state index contributed by atoms with van der Waals surface area (Å²) in [5.41, 5.74) is 4.19. The van der Waals surface area contributed by atoms with Gasteiger partial charge in [0.05, 0.1) is 22.6 Å². The molecule has 1 aromatic carbocycles. The molecule has 0 spiro atoms. The summed E-state index contributed by atoms with van der Waals surface area (Å²) in [6.07, 6.45) is 6.91. The largest absolute Gasteiger partial charge is 0.478 e. The number of hydrogen-bond acceptors (Lipinski definition) is 5. The summed E-state index contributed by atoms with van der Waals surface area (Å²) in [6.45, 7) is 0.388. The zero-order valence-electron chi connectivity index (χ0n) is 15.2. The van der Waals surface area contributed by atoms with Gasteiger partial charge in [0.2, 0.25) is 0 Å². The third kappa shape index (κ3) is 4.11. The molecule has 0 fully saturated rings. The van der Waals surface area contributed by atoms with E-state index in [9.17, 15) is 9.90 Å². The Hall–Kier alpha value is -3.27. The van der Waals surface area contributed by atoms with Gasteiger partial charge in [0.1, 0.15) is 3.70 Å². The molecule has 0 saturated heterocycles. The molecule has 8 heteroatoms. The lowest BCUT2D eigenvalue weighted by Gasteiger charge is -2.11. The first-order chi connectivity index (χ1) is 14.1. The fourth-order valence-electron chi connectivity index (χ4n) is 2.96. The van der Waals surface area contributed by atoms with Gasteiger partial charge in [-0.3, -0.25) is 4.98 Å². The minimum absolute atomic E-state index is 0.183. The Kier molecular flexibility index (Phi) is 5.52. The van der Waals surface area contributed by atoms with Gasteiger partial charge < -0.3 is 10.4 Å². The molecule has 0 aliphatic heterocycles. The van der Waals surface area contributed by atoms with Gasteiger partial charge in [-0.05, 0) is 52.9 Å². The first-order valence-electron chi connectivity index (χ1n) is 8.79. The highest BCUT2D eigenvalue weighted by Crippen LogP contribution is 2.26. The van der Waals surface area contributed by atoms with E-state index in [2.05, 4.69) is 15.3 Å². The number of aromatic nitrogens is 4. The third-order valence-electron chi connectivity index (χ3n) is 4.34.